The van der Waals surface area contributed by atoms with Crippen molar-refractivity contribution in [3.05, 3.63) is 12.7 Å². The van der Waals surface area contributed by atoms with E-state index >= 15 is 0 Å². The van der Waals surface area contributed by atoms with E-state index < -0.39 is 0 Å². The van der Waals surface area contributed by atoms with Gasteiger partial charge in [0.25, 0.3) is 0 Å². The fourth-order valence-corrected chi connectivity index (χ4v) is 7.19. The van der Waals surface area contributed by atoms with E-state index in [-0.39, 0.29) is 10.8 Å². The van der Waals surface area contributed by atoms with Gasteiger partial charge in [-0.15, -0.1) is 0 Å². The summed E-state index contributed by atoms with van der Waals surface area (Å²) in [6, 6.07) is 0. The molecular formula is C24H37N3O3. The summed E-state index contributed by atoms with van der Waals surface area (Å²) in [4.78, 5) is 23.7. The Labute approximate surface area is 180 Å². The molecule has 0 spiro atoms. The number of hydrogen-bond acceptors (Lipinski definition) is 6. The predicted molar refractivity (Wildman–Crippen MR) is 118 cm³/mol. The summed E-state index contributed by atoms with van der Waals surface area (Å²) in [6.07, 6.45) is 9.57. The Morgan fingerprint density at radius 1 is 1.13 bits per heavy atom. The maximum atomic E-state index is 12.7. The van der Waals surface area contributed by atoms with E-state index in [1.807, 2.05) is 0 Å². The Kier molecular flexibility index (Phi) is 6.06. The molecule has 4 fully saturated rings. The van der Waals surface area contributed by atoms with Gasteiger partial charge in [0.05, 0.1) is 11.4 Å². The first kappa shape index (κ1) is 21.5. The molecule has 6 atom stereocenters. The fourth-order valence-electron chi connectivity index (χ4n) is 7.19. The maximum Gasteiger partial charge on any atom is 0.139 e. The minimum atomic E-state index is -0.130. The normalized spacial score (nSPS) is 43.1. The third-order valence-electron chi connectivity index (χ3n) is 8.81. The highest BCUT2D eigenvalue weighted by molar-refractivity contribution is 5.96. The van der Waals surface area contributed by atoms with Crippen LogP contribution in [-0.2, 0) is 14.5 Å². The zero-order valence-corrected chi connectivity index (χ0v) is 18.6. The van der Waals surface area contributed by atoms with Crippen LogP contribution in [0.1, 0.15) is 65.2 Å². The number of carbonyl (C=O) groups is 1. The number of rotatable bonds is 6. The fraction of sp³-hybridized carbons (Fsp3) is 0.792. The van der Waals surface area contributed by atoms with Crippen LogP contribution in [-0.4, -0.2) is 37.0 Å². The van der Waals surface area contributed by atoms with E-state index in [1.54, 1.807) is 6.08 Å². The van der Waals surface area contributed by atoms with Crippen molar-refractivity contribution in [2.24, 2.45) is 50.5 Å². The maximum absolute atomic E-state index is 12.7. The molecule has 166 valence electrons. The summed E-state index contributed by atoms with van der Waals surface area (Å²) in [6.45, 7) is 9.76. The first-order valence-electron chi connectivity index (χ1n) is 11.6. The van der Waals surface area contributed by atoms with Crippen molar-refractivity contribution in [2.45, 2.75) is 65.2 Å². The number of carbonyl (C=O) groups excluding carboxylic acids is 1. The van der Waals surface area contributed by atoms with E-state index in [1.165, 1.54) is 0 Å². The summed E-state index contributed by atoms with van der Waals surface area (Å²) >= 11 is 0. The minimum absolute atomic E-state index is 0.130. The largest absolute Gasteiger partial charge is 0.395 e. The monoisotopic (exact) mass is 415 g/mol. The van der Waals surface area contributed by atoms with Crippen LogP contribution in [0.15, 0.2) is 23.0 Å². The molecule has 4 aliphatic rings. The standard InChI is InChI=1S/C24H37N3O3/c1-4-12-29-27-21-15-17-18-5-6-22(28)24(18,3)10-8-19(17)23(2)9-7-16(14-20(21)23)26-30-13-11-25/h4,17-20H,1,5-15,25H2,2-3H3/b26-16-,27-21+/t17-,18-,19-,20?,23+,24-/m0/s1. The van der Waals surface area contributed by atoms with Gasteiger partial charge in [-0.05, 0) is 68.1 Å². The molecule has 0 aliphatic heterocycles. The Balaban J connectivity index is 1.64. The summed E-state index contributed by atoms with van der Waals surface area (Å²) in [5.41, 5.74) is 7.83. The Hall–Kier alpha value is -1.69. The zero-order valence-electron chi connectivity index (χ0n) is 18.6. The molecule has 0 amide bonds. The summed E-state index contributed by atoms with van der Waals surface area (Å²) in [5.74, 6) is 2.44. The second kappa shape index (κ2) is 8.45. The van der Waals surface area contributed by atoms with Gasteiger partial charge in [0.2, 0.25) is 0 Å². The number of Topliss-reactive ketones (excluding diaryl/α,β-unsaturated/α-hetero) is 1. The first-order chi connectivity index (χ1) is 14.4. The SMILES string of the molecule is C=CCO/N=C1\C[C@@H]2[C@H](CC[C@]3(C)C(=O)CC[C@@H]23)[C@@]2(C)CC/C(=N/OCCN)CC12. The van der Waals surface area contributed by atoms with E-state index in [2.05, 4.69) is 30.7 Å². The van der Waals surface area contributed by atoms with Crippen LogP contribution in [0.5, 0.6) is 0 Å². The molecule has 4 rings (SSSR count). The molecule has 6 heteroatoms. The molecule has 0 aromatic carbocycles. The number of nitrogens with zero attached hydrogens (tertiary/aromatic N) is 2. The molecule has 0 aromatic heterocycles. The van der Waals surface area contributed by atoms with Crippen LogP contribution in [0.4, 0.5) is 0 Å². The molecular weight excluding hydrogens is 378 g/mol. The van der Waals surface area contributed by atoms with Crippen molar-refractivity contribution >= 4 is 17.2 Å². The van der Waals surface area contributed by atoms with Gasteiger partial charge in [0, 0.05) is 24.3 Å². The molecule has 0 saturated heterocycles. The molecule has 2 N–H and O–H groups in total. The van der Waals surface area contributed by atoms with Gasteiger partial charge in [-0.1, -0.05) is 36.8 Å². The lowest BCUT2D eigenvalue weighted by molar-refractivity contribution is -0.133. The quantitative estimate of drug-likeness (QED) is 0.402. The summed E-state index contributed by atoms with van der Waals surface area (Å²) in [5, 5.41) is 9.01. The lowest BCUT2D eigenvalue weighted by Gasteiger charge is -2.59. The molecule has 4 saturated carbocycles. The van der Waals surface area contributed by atoms with Crippen LogP contribution in [0.25, 0.3) is 0 Å². The molecule has 4 aliphatic carbocycles. The first-order valence-corrected chi connectivity index (χ1v) is 11.6. The molecule has 0 aromatic rings. The molecule has 6 nitrogen and oxygen atoms in total. The third-order valence-corrected chi connectivity index (χ3v) is 8.81. The number of ketones is 1. The molecule has 30 heavy (non-hydrogen) atoms. The highest BCUT2D eigenvalue weighted by atomic mass is 16.6. The summed E-state index contributed by atoms with van der Waals surface area (Å²) < 4.78 is 0. The lowest BCUT2D eigenvalue weighted by atomic mass is 9.45. The van der Waals surface area contributed by atoms with Crippen molar-refractivity contribution < 1.29 is 14.5 Å². The Bertz CT molecular complexity index is 748. The van der Waals surface area contributed by atoms with Crippen LogP contribution in [0.3, 0.4) is 0 Å². The Morgan fingerprint density at radius 2 is 1.97 bits per heavy atom. The van der Waals surface area contributed by atoms with Crippen molar-refractivity contribution in [3.63, 3.8) is 0 Å². The van der Waals surface area contributed by atoms with Crippen molar-refractivity contribution in [3.8, 4) is 0 Å². The topological polar surface area (TPSA) is 86.3 Å². The molecule has 0 heterocycles. The second-order valence-corrected chi connectivity index (χ2v) is 10.2. The smallest absolute Gasteiger partial charge is 0.139 e. The average Bonchev–Trinajstić information content (AvgIpc) is 3.04. The van der Waals surface area contributed by atoms with Crippen LogP contribution in [0.2, 0.25) is 0 Å². The highest BCUT2D eigenvalue weighted by Crippen LogP contribution is 2.64. The van der Waals surface area contributed by atoms with Crippen molar-refractivity contribution in [1.29, 1.82) is 0 Å². The van der Waals surface area contributed by atoms with Gasteiger partial charge in [-0.3, -0.25) is 4.79 Å². The predicted octanol–water partition coefficient (Wildman–Crippen LogP) is 4.10. The van der Waals surface area contributed by atoms with E-state index in [9.17, 15) is 4.79 Å². The minimum Gasteiger partial charge on any atom is -0.395 e. The number of oxime groups is 2. The average molecular weight is 416 g/mol. The third kappa shape index (κ3) is 3.51. The van der Waals surface area contributed by atoms with E-state index in [0.717, 1.165) is 62.8 Å². The molecule has 0 radical (unpaired) electrons. The van der Waals surface area contributed by atoms with E-state index in [4.69, 9.17) is 15.4 Å². The number of hydrogen-bond donors (Lipinski definition) is 1. The van der Waals surface area contributed by atoms with Crippen LogP contribution in [0, 0.1) is 34.5 Å². The van der Waals surface area contributed by atoms with Crippen molar-refractivity contribution in [2.75, 3.05) is 19.8 Å². The zero-order chi connectivity index (χ0) is 21.4. The van der Waals surface area contributed by atoms with Crippen LogP contribution >= 0.6 is 0 Å². The van der Waals surface area contributed by atoms with Gasteiger partial charge in [-0.25, -0.2) is 0 Å². The molecule has 0 bridgehead atoms. The van der Waals surface area contributed by atoms with Gasteiger partial charge in [-0.2, -0.15) is 0 Å². The van der Waals surface area contributed by atoms with Crippen molar-refractivity contribution in [1.82, 2.24) is 0 Å². The van der Waals surface area contributed by atoms with Gasteiger partial charge in [0.1, 0.15) is 19.0 Å². The van der Waals surface area contributed by atoms with Gasteiger partial charge >= 0.3 is 0 Å². The second-order valence-electron chi connectivity index (χ2n) is 10.2. The summed E-state index contributed by atoms with van der Waals surface area (Å²) in [7, 11) is 0. The highest BCUT2D eigenvalue weighted by Gasteiger charge is 2.61. The lowest BCUT2D eigenvalue weighted by Crippen LogP contribution is -2.56. The number of fused-ring (bicyclic) bond motifs is 5. The Morgan fingerprint density at radius 3 is 2.73 bits per heavy atom. The van der Waals surface area contributed by atoms with E-state index in [0.29, 0.717) is 49.2 Å². The van der Waals surface area contributed by atoms with Gasteiger partial charge in [0.15, 0.2) is 0 Å². The van der Waals surface area contributed by atoms with Crippen LogP contribution < -0.4 is 5.73 Å². The van der Waals surface area contributed by atoms with Gasteiger partial charge < -0.3 is 15.4 Å². The molecule has 1 unspecified atom stereocenters. The number of nitrogens with two attached hydrogens (primary N) is 1.